The third-order valence-electron chi connectivity index (χ3n) is 2.17. The average molecular weight is 254 g/mol. The Bertz CT molecular complexity index is 575. The average Bonchev–Trinajstić information content (AvgIpc) is 2.79. The third-order valence-corrected chi connectivity index (χ3v) is 2.85. The summed E-state index contributed by atoms with van der Waals surface area (Å²) in [5, 5.41) is 0. The van der Waals surface area contributed by atoms with Crippen molar-refractivity contribution in [2.45, 2.75) is 6.54 Å². The molecule has 0 fully saturated rings. The van der Waals surface area contributed by atoms with E-state index in [0.717, 1.165) is 5.56 Å². The van der Waals surface area contributed by atoms with Crippen LogP contribution >= 0.6 is 0 Å². The molecule has 0 saturated heterocycles. The van der Waals surface area contributed by atoms with Crippen LogP contribution < -0.4 is 4.57 Å². The highest BCUT2D eigenvalue weighted by molar-refractivity contribution is 7.85. The monoisotopic (exact) mass is 254 g/mol. The number of rotatable bonds is 4. The normalized spacial score (nSPS) is 11.6. The van der Waals surface area contributed by atoms with Gasteiger partial charge in [0.05, 0.1) is 11.9 Å². The minimum absolute atomic E-state index is 0.137. The van der Waals surface area contributed by atoms with Crippen LogP contribution in [-0.2, 0) is 16.7 Å². The van der Waals surface area contributed by atoms with Gasteiger partial charge in [-0.3, -0.25) is 0 Å². The van der Waals surface area contributed by atoms with Gasteiger partial charge in [-0.1, -0.05) is 0 Å². The molecule has 7 heteroatoms. The topological polar surface area (TPSA) is 87.1 Å². The largest absolute Gasteiger partial charge is 0.748 e. The summed E-state index contributed by atoms with van der Waals surface area (Å²) in [6.45, 7) is 0.137. The molecular weight excluding hydrogens is 244 g/mol. The van der Waals surface area contributed by atoms with Crippen LogP contribution in [0.3, 0.4) is 0 Å². The zero-order chi connectivity index (χ0) is 12.3. The standard InChI is InChI=1S/C10H10N2O4S/c13-17(14,15)8-6-12-4-1-9(2-5-12)10-11-3-7-16-10/h1-5,7H,6,8H2. The van der Waals surface area contributed by atoms with Gasteiger partial charge in [0, 0.05) is 17.7 Å². The molecular formula is C10H10N2O4S. The molecule has 0 saturated carbocycles. The van der Waals surface area contributed by atoms with Gasteiger partial charge >= 0.3 is 0 Å². The van der Waals surface area contributed by atoms with Gasteiger partial charge in [0.25, 0.3) is 0 Å². The summed E-state index contributed by atoms with van der Waals surface area (Å²) in [7, 11) is -4.18. The van der Waals surface area contributed by atoms with Crippen LogP contribution in [0.4, 0.5) is 0 Å². The second-order valence-corrected chi connectivity index (χ2v) is 4.95. The lowest BCUT2D eigenvalue weighted by molar-refractivity contribution is -0.692. The van der Waals surface area contributed by atoms with E-state index in [1.807, 2.05) is 0 Å². The summed E-state index contributed by atoms with van der Waals surface area (Å²) in [5.41, 5.74) is 0.788. The zero-order valence-electron chi connectivity index (χ0n) is 8.81. The maximum absolute atomic E-state index is 10.5. The number of nitrogens with zero attached hydrogens (tertiary/aromatic N) is 2. The zero-order valence-corrected chi connectivity index (χ0v) is 9.63. The van der Waals surface area contributed by atoms with E-state index in [9.17, 15) is 13.0 Å². The molecule has 0 aliphatic carbocycles. The Morgan fingerprint density at radius 1 is 1.35 bits per heavy atom. The summed E-state index contributed by atoms with van der Waals surface area (Å²) in [4.78, 5) is 3.98. The van der Waals surface area contributed by atoms with Gasteiger partial charge in [0.1, 0.15) is 16.4 Å². The van der Waals surface area contributed by atoms with Gasteiger partial charge in [-0.15, -0.1) is 0 Å². The van der Waals surface area contributed by atoms with Gasteiger partial charge in [0.15, 0.2) is 18.9 Å². The molecule has 0 bridgehead atoms. The molecule has 0 aliphatic heterocycles. The molecule has 90 valence electrons. The van der Waals surface area contributed by atoms with Crippen molar-refractivity contribution in [2.24, 2.45) is 0 Å². The van der Waals surface area contributed by atoms with Crippen molar-refractivity contribution in [3.05, 3.63) is 37.0 Å². The Kier molecular flexibility index (Phi) is 3.21. The fraction of sp³-hybridized carbons (Fsp3) is 0.200. The summed E-state index contributed by atoms with van der Waals surface area (Å²) < 4.78 is 38.1. The van der Waals surface area contributed by atoms with Gasteiger partial charge in [-0.05, 0) is 0 Å². The van der Waals surface area contributed by atoms with E-state index in [1.54, 1.807) is 35.3 Å². The van der Waals surface area contributed by atoms with Crippen molar-refractivity contribution in [3.8, 4) is 11.5 Å². The molecule has 17 heavy (non-hydrogen) atoms. The van der Waals surface area contributed by atoms with E-state index in [4.69, 9.17) is 4.42 Å². The van der Waals surface area contributed by atoms with Gasteiger partial charge in [-0.25, -0.2) is 18.0 Å². The van der Waals surface area contributed by atoms with E-state index in [1.165, 1.54) is 6.26 Å². The van der Waals surface area contributed by atoms with Crippen molar-refractivity contribution in [1.82, 2.24) is 4.98 Å². The van der Waals surface area contributed by atoms with Crippen molar-refractivity contribution in [2.75, 3.05) is 5.75 Å². The summed E-state index contributed by atoms with van der Waals surface area (Å²) in [6, 6.07) is 3.48. The van der Waals surface area contributed by atoms with E-state index in [0.29, 0.717) is 5.89 Å². The Balaban J connectivity index is 2.09. The molecule has 0 spiro atoms. The predicted octanol–water partition coefficient (Wildman–Crippen LogP) is 0.174. The van der Waals surface area contributed by atoms with Crippen molar-refractivity contribution >= 4 is 10.1 Å². The molecule has 0 aliphatic rings. The molecule has 6 nitrogen and oxygen atoms in total. The fourth-order valence-electron chi connectivity index (χ4n) is 1.33. The Morgan fingerprint density at radius 2 is 2.06 bits per heavy atom. The third kappa shape index (κ3) is 3.36. The lowest BCUT2D eigenvalue weighted by atomic mass is 10.3. The van der Waals surface area contributed by atoms with Crippen LogP contribution in [0.1, 0.15) is 0 Å². The van der Waals surface area contributed by atoms with Crippen LogP contribution in [-0.4, -0.2) is 23.7 Å². The molecule has 2 aromatic rings. The SMILES string of the molecule is O=S(=O)([O-])CC[n+]1ccc(-c2ncco2)cc1. The van der Waals surface area contributed by atoms with Crippen molar-refractivity contribution in [3.63, 3.8) is 0 Å². The molecule has 0 N–H and O–H groups in total. The molecule has 0 radical (unpaired) electrons. The van der Waals surface area contributed by atoms with E-state index >= 15 is 0 Å². The Hall–Kier alpha value is -1.73. The van der Waals surface area contributed by atoms with Crippen LogP contribution in [0.25, 0.3) is 11.5 Å². The number of aryl methyl sites for hydroxylation is 1. The highest BCUT2D eigenvalue weighted by atomic mass is 32.2. The number of hydrogen-bond acceptors (Lipinski definition) is 5. The first-order chi connectivity index (χ1) is 8.04. The van der Waals surface area contributed by atoms with E-state index in [-0.39, 0.29) is 6.54 Å². The Labute approximate surface area is 98.3 Å². The summed E-state index contributed by atoms with van der Waals surface area (Å²) >= 11 is 0. The van der Waals surface area contributed by atoms with Crippen LogP contribution in [0.5, 0.6) is 0 Å². The maximum atomic E-state index is 10.5. The molecule has 2 heterocycles. The first kappa shape index (κ1) is 11.7. The number of aromatic nitrogens is 2. The van der Waals surface area contributed by atoms with Gasteiger partial charge < -0.3 is 8.97 Å². The molecule has 0 atom stereocenters. The number of pyridine rings is 1. The first-order valence-electron chi connectivity index (χ1n) is 4.87. The second kappa shape index (κ2) is 4.64. The minimum atomic E-state index is -4.18. The van der Waals surface area contributed by atoms with Gasteiger partial charge in [0.2, 0.25) is 5.89 Å². The number of hydrogen-bond donors (Lipinski definition) is 0. The summed E-state index contributed by atoms with van der Waals surface area (Å²) in [5.74, 6) is 0.0735. The highest BCUT2D eigenvalue weighted by Gasteiger charge is 2.07. The number of oxazole rings is 1. The molecule has 0 unspecified atom stereocenters. The smallest absolute Gasteiger partial charge is 0.226 e. The molecule has 0 aromatic carbocycles. The minimum Gasteiger partial charge on any atom is -0.748 e. The van der Waals surface area contributed by atoms with Crippen LogP contribution in [0, 0.1) is 0 Å². The maximum Gasteiger partial charge on any atom is 0.226 e. The van der Waals surface area contributed by atoms with Gasteiger partial charge in [-0.2, -0.15) is 0 Å². The van der Waals surface area contributed by atoms with Crippen molar-refractivity contribution in [1.29, 1.82) is 0 Å². The molecule has 0 amide bonds. The van der Waals surface area contributed by atoms with Crippen LogP contribution in [0.15, 0.2) is 41.4 Å². The molecule has 2 rings (SSSR count). The highest BCUT2D eigenvalue weighted by Crippen LogP contribution is 2.13. The second-order valence-electron chi connectivity index (χ2n) is 3.42. The van der Waals surface area contributed by atoms with E-state index in [2.05, 4.69) is 4.98 Å². The van der Waals surface area contributed by atoms with Crippen LogP contribution in [0.2, 0.25) is 0 Å². The van der Waals surface area contributed by atoms with Crippen molar-refractivity contribution < 1.29 is 22.0 Å². The quantitative estimate of drug-likeness (QED) is 0.573. The lowest BCUT2D eigenvalue weighted by Crippen LogP contribution is -2.36. The summed E-state index contributed by atoms with van der Waals surface area (Å²) in [6.07, 6.45) is 6.36. The lowest BCUT2D eigenvalue weighted by Gasteiger charge is -2.03. The predicted molar refractivity (Wildman–Crippen MR) is 56.7 cm³/mol. The van der Waals surface area contributed by atoms with E-state index < -0.39 is 15.9 Å². The molecule has 2 aromatic heterocycles. The fourth-order valence-corrected chi connectivity index (χ4v) is 1.77. The first-order valence-corrected chi connectivity index (χ1v) is 6.45. The Morgan fingerprint density at radius 3 is 2.59 bits per heavy atom.